The molecule has 7 atom stereocenters. The molecular weight excluding hydrogens is 839 g/mol. The van der Waals surface area contributed by atoms with E-state index < -0.39 is 95.6 Å². The van der Waals surface area contributed by atoms with Gasteiger partial charge in [-0.3, -0.25) is 37.3 Å². The zero-order valence-corrected chi connectivity index (χ0v) is 32.8. The topological polar surface area (TPSA) is 401 Å². The van der Waals surface area contributed by atoms with Gasteiger partial charge in [-0.25, -0.2) is 28.6 Å². The van der Waals surface area contributed by atoms with Crippen molar-refractivity contribution < 1.29 is 90.4 Å². The number of carbonyl (C=O) groups excluding carboxylic acids is 3. The molecule has 0 aromatic carbocycles. The zero-order valence-electron chi connectivity index (χ0n) is 29.3. The Hall–Kier alpha value is -3.23. The lowest BCUT2D eigenvalue weighted by molar-refractivity contribution is -0.137. The van der Waals surface area contributed by atoms with E-state index >= 15 is 0 Å². The number of aliphatic hydroxyl groups is 2. The molecule has 3 heterocycles. The number of nitrogens with two attached hydrogens (primary N) is 1. The van der Waals surface area contributed by atoms with Crippen LogP contribution in [0.25, 0.3) is 11.2 Å². The van der Waals surface area contributed by atoms with E-state index in [4.69, 9.17) is 24.6 Å². The standard InChI is InChI=1S/C26H40N7O19P3S/c1-26(2,21(39)24(40)29-7-6-15(34)28-8-9-56-17(37)5-3-4-16(35)36)11-49-55(46,47)52-54(44,45)48-10-14-20(51-53(41,42)43)19(38)25(50-14)33-13-32-18-22(27)30-12-31-23(18)33/h3,5,12-14,19-21,25,38-39H,4,6-11H2,1-2H3,(H,28,34)(H,29,40)(H,35,36)(H,44,45)(H,46,47)(H2,27,30,31)(H2,41,42,43). The largest absolute Gasteiger partial charge is 0.481 e. The van der Waals surface area contributed by atoms with E-state index in [1.807, 2.05) is 0 Å². The molecule has 0 saturated carbocycles. The molecule has 2 aromatic rings. The number of hydrogen-bond donors (Lipinski definition) is 10. The second kappa shape index (κ2) is 20.0. The Labute approximate surface area is 320 Å². The molecule has 0 radical (unpaired) electrons. The lowest BCUT2D eigenvalue weighted by Gasteiger charge is -2.30. The average Bonchev–Trinajstić information content (AvgIpc) is 3.64. The van der Waals surface area contributed by atoms with Gasteiger partial charge >= 0.3 is 29.4 Å². The maximum atomic E-state index is 12.7. The molecule has 56 heavy (non-hydrogen) atoms. The summed E-state index contributed by atoms with van der Waals surface area (Å²) < 4.78 is 61.9. The second-order valence-electron chi connectivity index (χ2n) is 12.2. The zero-order chi connectivity index (χ0) is 42.1. The first-order valence-electron chi connectivity index (χ1n) is 15.9. The number of thioether (sulfide) groups is 1. The highest BCUT2D eigenvalue weighted by atomic mass is 32.2. The highest BCUT2D eigenvalue weighted by molar-refractivity contribution is 8.14. The second-order valence-corrected chi connectivity index (χ2v) is 17.6. The number of anilines is 1. The summed E-state index contributed by atoms with van der Waals surface area (Å²) in [5.41, 5.74) is 4.20. The van der Waals surface area contributed by atoms with Crippen molar-refractivity contribution in [2.45, 2.75) is 57.3 Å². The number of imidazole rings is 1. The molecule has 3 rings (SSSR count). The van der Waals surface area contributed by atoms with E-state index in [0.717, 1.165) is 35.1 Å². The molecule has 0 spiro atoms. The van der Waals surface area contributed by atoms with E-state index in [0.29, 0.717) is 0 Å². The van der Waals surface area contributed by atoms with Crippen molar-refractivity contribution in [3.8, 4) is 0 Å². The van der Waals surface area contributed by atoms with Gasteiger partial charge in [0.1, 0.15) is 36.3 Å². The Kier molecular flexibility index (Phi) is 16.8. The van der Waals surface area contributed by atoms with Gasteiger partial charge in [0.05, 0.1) is 26.0 Å². The Bertz CT molecular complexity index is 1910. The third kappa shape index (κ3) is 14.6. The van der Waals surface area contributed by atoms with Crippen LogP contribution in [0.15, 0.2) is 24.8 Å². The van der Waals surface area contributed by atoms with E-state index in [1.165, 1.54) is 19.9 Å². The van der Waals surface area contributed by atoms with Crippen LogP contribution in [0.4, 0.5) is 5.82 Å². The molecule has 26 nitrogen and oxygen atoms in total. The minimum Gasteiger partial charge on any atom is -0.481 e. The number of ether oxygens (including phenoxy) is 1. The molecule has 30 heteroatoms. The van der Waals surface area contributed by atoms with Crippen molar-refractivity contribution >= 4 is 75.1 Å². The third-order valence-electron chi connectivity index (χ3n) is 7.29. The molecule has 314 valence electrons. The first kappa shape index (κ1) is 47.1. The van der Waals surface area contributed by atoms with E-state index in [9.17, 15) is 62.7 Å². The van der Waals surface area contributed by atoms with Crippen LogP contribution in [0, 0.1) is 5.41 Å². The summed E-state index contributed by atoms with van der Waals surface area (Å²) in [4.78, 5) is 97.4. The number of phosphoric ester groups is 3. The van der Waals surface area contributed by atoms with E-state index in [2.05, 4.69) is 34.4 Å². The molecule has 11 N–H and O–H groups in total. The van der Waals surface area contributed by atoms with Crippen LogP contribution in [0.2, 0.25) is 0 Å². The first-order valence-corrected chi connectivity index (χ1v) is 21.4. The number of aliphatic hydroxyl groups excluding tert-OH is 2. The Balaban J connectivity index is 1.48. The smallest absolute Gasteiger partial charge is 0.481 e. The Morgan fingerprint density at radius 1 is 1.07 bits per heavy atom. The summed E-state index contributed by atoms with van der Waals surface area (Å²) in [6.45, 7) is 0.211. The molecule has 2 amide bonds. The third-order valence-corrected chi connectivity index (χ3v) is 11.2. The van der Waals surface area contributed by atoms with Gasteiger partial charge in [-0.15, -0.1) is 0 Å². The minimum atomic E-state index is -5.59. The summed E-state index contributed by atoms with van der Waals surface area (Å²) in [6, 6.07) is 0. The number of rotatable bonds is 22. The normalized spacial score (nSPS) is 21.7. The number of hydrogen-bond acceptors (Lipinski definition) is 19. The molecule has 0 bridgehead atoms. The summed E-state index contributed by atoms with van der Waals surface area (Å²) in [7, 11) is -16.4. The maximum absolute atomic E-state index is 12.7. The number of aromatic nitrogens is 4. The number of nitrogens with one attached hydrogen (secondary N) is 2. The fourth-order valence-corrected chi connectivity index (χ4v) is 8.01. The Morgan fingerprint density at radius 2 is 1.75 bits per heavy atom. The van der Waals surface area contributed by atoms with Gasteiger partial charge in [0.2, 0.25) is 16.9 Å². The van der Waals surface area contributed by atoms with E-state index in [1.54, 1.807) is 0 Å². The minimum absolute atomic E-state index is 0.0192. The SMILES string of the molecule is CC(C)(COP(=O)(O)OP(=O)(O)OCC1OC(n2cnc3c(N)ncnc32)C(O)C1OP(=O)(O)O)C(O)C(=O)NCCC(=O)NCCSC(=O)C=CCC(=O)O. The van der Waals surface area contributed by atoms with Crippen molar-refractivity contribution in [1.82, 2.24) is 30.2 Å². The molecular formula is C26H40N7O19P3S. The van der Waals surface area contributed by atoms with Crippen LogP contribution in [-0.4, -0.2) is 134 Å². The molecule has 2 aromatic heterocycles. The fraction of sp³-hybridized carbons (Fsp3) is 0.577. The molecule has 1 aliphatic heterocycles. The highest BCUT2D eigenvalue weighted by Crippen LogP contribution is 2.61. The van der Waals surface area contributed by atoms with Crippen LogP contribution >= 0.6 is 35.2 Å². The molecule has 1 aliphatic rings. The summed E-state index contributed by atoms with van der Waals surface area (Å²) >= 11 is 0.842. The predicted octanol–water partition coefficient (Wildman–Crippen LogP) is -1.30. The molecule has 1 fully saturated rings. The summed E-state index contributed by atoms with van der Waals surface area (Å²) in [5.74, 6) is -2.50. The number of carboxylic acid groups (broad SMARTS) is 1. The number of fused-ring (bicyclic) bond motifs is 1. The van der Waals surface area contributed by atoms with Crippen LogP contribution in [0.1, 0.15) is 32.9 Å². The van der Waals surface area contributed by atoms with Crippen molar-refractivity contribution in [3.05, 3.63) is 24.8 Å². The maximum Gasteiger partial charge on any atom is 0.481 e. The van der Waals surface area contributed by atoms with Gasteiger partial charge in [0, 0.05) is 30.7 Å². The number of nitrogens with zero attached hydrogens (tertiary/aromatic N) is 4. The predicted molar refractivity (Wildman–Crippen MR) is 188 cm³/mol. The summed E-state index contributed by atoms with van der Waals surface area (Å²) in [6.07, 6.45) is -5.12. The van der Waals surface area contributed by atoms with Crippen LogP contribution < -0.4 is 16.4 Å². The number of aliphatic carboxylic acids is 1. The number of phosphoric acid groups is 3. The lowest BCUT2D eigenvalue weighted by Crippen LogP contribution is -2.46. The van der Waals surface area contributed by atoms with Gasteiger partial charge in [0.15, 0.2) is 17.7 Å². The van der Waals surface area contributed by atoms with Crippen molar-refractivity contribution in [1.29, 1.82) is 0 Å². The quantitative estimate of drug-likeness (QED) is 0.0373. The van der Waals surface area contributed by atoms with Gasteiger partial charge in [-0.2, -0.15) is 4.31 Å². The Morgan fingerprint density at radius 3 is 2.41 bits per heavy atom. The fourth-order valence-electron chi connectivity index (χ4n) is 4.59. The molecule has 7 unspecified atom stereocenters. The molecule has 1 saturated heterocycles. The average molecular weight is 880 g/mol. The van der Waals surface area contributed by atoms with Crippen molar-refractivity contribution in [3.63, 3.8) is 0 Å². The van der Waals surface area contributed by atoms with Crippen LogP contribution in [-0.2, 0) is 55.5 Å². The number of carboxylic acids is 1. The number of amides is 2. The van der Waals surface area contributed by atoms with Gasteiger partial charge in [-0.05, 0) is 6.08 Å². The molecule has 0 aliphatic carbocycles. The summed E-state index contributed by atoms with van der Waals surface area (Å²) in [5, 5.41) is 34.3. The van der Waals surface area contributed by atoms with Gasteiger partial charge in [0.25, 0.3) is 0 Å². The van der Waals surface area contributed by atoms with Crippen molar-refractivity contribution in [2.24, 2.45) is 5.41 Å². The van der Waals surface area contributed by atoms with Crippen molar-refractivity contribution in [2.75, 3.05) is 37.8 Å². The van der Waals surface area contributed by atoms with Crippen LogP contribution in [0.5, 0.6) is 0 Å². The first-order chi connectivity index (χ1) is 25.9. The lowest BCUT2D eigenvalue weighted by atomic mass is 9.87. The van der Waals surface area contributed by atoms with Gasteiger partial charge < -0.3 is 56.0 Å². The monoisotopic (exact) mass is 879 g/mol. The van der Waals surface area contributed by atoms with E-state index in [-0.39, 0.29) is 48.7 Å². The number of nitrogen functional groups attached to an aromatic ring is 1. The number of carbonyl (C=O) groups is 4. The van der Waals surface area contributed by atoms with Gasteiger partial charge in [-0.1, -0.05) is 31.7 Å². The van der Waals surface area contributed by atoms with Crippen LogP contribution in [0.3, 0.4) is 0 Å². The highest BCUT2D eigenvalue weighted by Gasteiger charge is 2.50.